The predicted octanol–water partition coefficient (Wildman–Crippen LogP) is 4.23. The van der Waals surface area contributed by atoms with Crippen LogP contribution in [0, 0.1) is 6.92 Å². The van der Waals surface area contributed by atoms with Gasteiger partial charge in [0.25, 0.3) is 0 Å². The monoisotopic (exact) mass is 340 g/mol. The fraction of sp³-hybridized carbons (Fsp3) is 0.579. The van der Waals surface area contributed by atoms with Crippen LogP contribution in [0.3, 0.4) is 0 Å². The van der Waals surface area contributed by atoms with E-state index in [1.165, 1.54) is 12.5 Å². The molecular formula is C19H32O5. The second-order valence-electron chi connectivity index (χ2n) is 5.04. The lowest BCUT2D eigenvalue weighted by Gasteiger charge is -1.96. The molecule has 0 spiro atoms. The normalized spacial score (nSPS) is 9.00. The van der Waals surface area contributed by atoms with E-state index >= 15 is 0 Å². The maximum atomic E-state index is 10.1. The Labute approximate surface area is 146 Å². The molecule has 0 saturated carbocycles. The number of hydrogen-bond donors (Lipinski definition) is 1. The molecule has 0 radical (unpaired) electrons. The molecule has 0 aliphatic heterocycles. The van der Waals surface area contributed by atoms with Gasteiger partial charge in [-0.1, -0.05) is 49.2 Å². The maximum absolute atomic E-state index is 10.1. The third-order valence-electron chi connectivity index (χ3n) is 2.63. The van der Waals surface area contributed by atoms with E-state index in [0.717, 1.165) is 12.8 Å². The highest BCUT2D eigenvalue weighted by molar-refractivity contribution is 5.66. The molecule has 1 rings (SSSR count). The Hall–Kier alpha value is -1.88. The predicted molar refractivity (Wildman–Crippen MR) is 96.1 cm³/mol. The van der Waals surface area contributed by atoms with Gasteiger partial charge in [-0.2, -0.15) is 0 Å². The van der Waals surface area contributed by atoms with Gasteiger partial charge < -0.3 is 14.6 Å². The third-order valence-corrected chi connectivity index (χ3v) is 2.63. The summed E-state index contributed by atoms with van der Waals surface area (Å²) in [6, 6.07) is 10.3. The van der Waals surface area contributed by atoms with E-state index in [9.17, 15) is 9.59 Å². The van der Waals surface area contributed by atoms with Crippen molar-refractivity contribution in [3.63, 3.8) is 0 Å². The lowest BCUT2D eigenvalue weighted by molar-refractivity contribution is -0.141. The van der Waals surface area contributed by atoms with Crippen LogP contribution < -0.4 is 0 Å². The van der Waals surface area contributed by atoms with Crippen molar-refractivity contribution in [2.75, 3.05) is 19.8 Å². The molecule has 0 saturated heterocycles. The zero-order valence-electron chi connectivity index (χ0n) is 15.4. The molecule has 5 nitrogen and oxygen atoms in total. The molecular weight excluding hydrogens is 308 g/mol. The van der Waals surface area contributed by atoms with Crippen LogP contribution in [-0.4, -0.2) is 36.9 Å². The van der Waals surface area contributed by atoms with Gasteiger partial charge in [-0.15, -0.1) is 0 Å². The Balaban J connectivity index is 0. The molecule has 138 valence electrons. The molecule has 0 bridgehead atoms. The van der Waals surface area contributed by atoms with Crippen molar-refractivity contribution in [2.45, 2.75) is 53.4 Å². The number of rotatable bonds is 8. The van der Waals surface area contributed by atoms with Gasteiger partial charge in [-0.05, 0) is 26.7 Å². The Morgan fingerprint density at radius 2 is 1.67 bits per heavy atom. The molecule has 0 aliphatic rings. The van der Waals surface area contributed by atoms with Crippen molar-refractivity contribution in [1.82, 2.24) is 0 Å². The molecule has 0 aromatic heterocycles. The average molecular weight is 340 g/mol. The van der Waals surface area contributed by atoms with Gasteiger partial charge in [0.1, 0.15) is 0 Å². The Morgan fingerprint density at radius 3 is 2.04 bits per heavy atom. The van der Waals surface area contributed by atoms with Gasteiger partial charge in [-0.3, -0.25) is 9.59 Å². The Bertz CT molecular complexity index is 403. The topological polar surface area (TPSA) is 72.8 Å². The zero-order valence-corrected chi connectivity index (χ0v) is 15.4. The lowest BCUT2D eigenvalue weighted by atomic mass is 10.2. The minimum atomic E-state index is -0.755. The van der Waals surface area contributed by atoms with Crippen LogP contribution in [0.25, 0.3) is 0 Å². The molecule has 0 atom stereocenters. The van der Waals surface area contributed by atoms with Crippen LogP contribution in [-0.2, 0) is 19.1 Å². The highest BCUT2D eigenvalue weighted by atomic mass is 16.5. The van der Waals surface area contributed by atoms with E-state index in [2.05, 4.69) is 30.7 Å². The molecule has 0 fully saturated rings. The molecule has 1 aromatic carbocycles. The third kappa shape index (κ3) is 25.1. The number of ether oxygens (including phenoxy) is 2. The van der Waals surface area contributed by atoms with Gasteiger partial charge in [-0.25, -0.2) is 0 Å². The summed E-state index contributed by atoms with van der Waals surface area (Å²) in [6.45, 7) is 9.26. The van der Waals surface area contributed by atoms with Gasteiger partial charge >= 0.3 is 11.9 Å². The van der Waals surface area contributed by atoms with Crippen molar-refractivity contribution in [2.24, 2.45) is 0 Å². The fourth-order valence-electron chi connectivity index (χ4n) is 1.36. The summed E-state index contributed by atoms with van der Waals surface area (Å²) < 4.78 is 9.56. The molecule has 0 amide bonds. The van der Waals surface area contributed by atoms with Crippen LogP contribution in [0.4, 0.5) is 0 Å². The second kappa shape index (κ2) is 19.2. The molecule has 0 aliphatic carbocycles. The number of benzene rings is 1. The van der Waals surface area contributed by atoms with Crippen molar-refractivity contribution in [3.8, 4) is 0 Å². The maximum Gasteiger partial charge on any atom is 0.303 e. The standard InChI is InChI=1S/C7H8.C6H12O3.C6H12O2/c1-7-5-3-2-4-6-7;1-2-9-5-3-4-6(7)8;1-3-4-5-8-6(2)7/h2-6H,1H3;2-5H2,1H3,(H,7,8);3-5H2,1-2H3. The lowest BCUT2D eigenvalue weighted by Crippen LogP contribution is -1.99. The summed E-state index contributed by atoms with van der Waals surface area (Å²) in [5, 5.41) is 8.16. The van der Waals surface area contributed by atoms with E-state index in [1.54, 1.807) is 0 Å². The first-order chi connectivity index (χ1) is 11.4. The number of unbranched alkanes of at least 4 members (excludes halogenated alkanes) is 1. The molecule has 5 heteroatoms. The SMILES string of the molecule is CCCCOC(C)=O.CCOCCCC(=O)O.Cc1ccccc1. The van der Waals surface area contributed by atoms with Crippen LogP contribution >= 0.6 is 0 Å². The van der Waals surface area contributed by atoms with E-state index in [-0.39, 0.29) is 12.4 Å². The highest BCUT2D eigenvalue weighted by Gasteiger charge is 1.94. The van der Waals surface area contributed by atoms with E-state index < -0.39 is 5.97 Å². The zero-order chi connectivity index (χ0) is 18.6. The van der Waals surface area contributed by atoms with Crippen LogP contribution in [0.15, 0.2) is 30.3 Å². The average Bonchev–Trinajstić information content (AvgIpc) is 2.53. The largest absolute Gasteiger partial charge is 0.481 e. The molecule has 0 unspecified atom stereocenters. The highest BCUT2D eigenvalue weighted by Crippen LogP contribution is 1.92. The van der Waals surface area contributed by atoms with Crippen molar-refractivity contribution in [3.05, 3.63) is 35.9 Å². The number of carboxylic acid groups (broad SMARTS) is 1. The second-order valence-corrected chi connectivity index (χ2v) is 5.04. The van der Waals surface area contributed by atoms with E-state index in [4.69, 9.17) is 9.84 Å². The number of carboxylic acids is 1. The number of carbonyl (C=O) groups excluding carboxylic acids is 1. The summed E-state index contributed by atoms with van der Waals surface area (Å²) >= 11 is 0. The van der Waals surface area contributed by atoms with Crippen molar-refractivity contribution >= 4 is 11.9 Å². The molecule has 0 heterocycles. The van der Waals surface area contributed by atoms with E-state index in [0.29, 0.717) is 26.2 Å². The number of hydrogen-bond acceptors (Lipinski definition) is 4. The van der Waals surface area contributed by atoms with Crippen LogP contribution in [0.1, 0.15) is 52.0 Å². The van der Waals surface area contributed by atoms with Gasteiger partial charge in [0.05, 0.1) is 6.61 Å². The number of carbonyl (C=O) groups is 2. The first-order valence-corrected chi connectivity index (χ1v) is 8.38. The summed E-state index contributed by atoms with van der Waals surface area (Å²) in [5.74, 6) is -0.937. The summed E-state index contributed by atoms with van der Waals surface area (Å²) in [7, 11) is 0. The summed E-state index contributed by atoms with van der Waals surface area (Å²) in [5.41, 5.74) is 1.32. The van der Waals surface area contributed by atoms with Crippen molar-refractivity contribution in [1.29, 1.82) is 0 Å². The number of aryl methyl sites for hydroxylation is 1. The Morgan fingerprint density at radius 1 is 1.04 bits per heavy atom. The summed E-state index contributed by atoms with van der Waals surface area (Å²) in [6.07, 6.45) is 2.87. The quantitative estimate of drug-likeness (QED) is 0.566. The fourth-order valence-corrected chi connectivity index (χ4v) is 1.36. The molecule has 1 aromatic rings. The summed E-state index contributed by atoms with van der Waals surface area (Å²) in [4.78, 5) is 20.0. The number of esters is 1. The van der Waals surface area contributed by atoms with Crippen LogP contribution in [0.2, 0.25) is 0 Å². The smallest absolute Gasteiger partial charge is 0.303 e. The molecule has 24 heavy (non-hydrogen) atoms. The van der Waals surface area contributed by atoms with E-state index in [1.807, 2.05) is 25.1 Å². The number of aliphatic carboxylic acids is 1. The van der Waals surface area contributed by atoms with Gasteiger partial charge in [0.2, 0.25) is 0 Å². The van der Waals surface area contributed by atoms with Gasteiger partial charge in [0, 0.05) is 26.6 Å². The molecule has 1 N–H and O–H groups in total. The first-order valence-electron chi connectivity index (χ1n) is 8.38. The minimum Gasteiger partial charge on any atom is -0.481 e. The van der Waals surface area contributed by atoms with Crippen molar-refractivity contribution < 1.29 is 24.2 Å². The van der Waals surface area contributed by atoms with Crippen LogP contribution in [0.5, 0.6) is 0 Å². The minimum absolute atomic E-state index is 0.182. The van der Waals surface area contributed by atoms with Gasteiger partial charge in [0.15, 0.2) is 0 Å². The Kier molecular flexibility index (Phi) is 19.5. The first kappa shape index (κ1) is 24.4.